The Morgan fingerprint density at radius 3 is 2.32 bits per heavy atom. The Hall–Kier alpha value is -1.67. The fraction of sp³-hybridized carbons (Fsp3) is 0.741. The van der Waals surface area contributed by atoms with E-state index in [2.05, 4.69) is 12.1 Å². The molecule has 0 aromatic heterocycles. The van der Waals surface area contributed by atoms with E-state index in [1.807, 2.05) is 39.0 Å². The molecule has 0 spiro atoms. The maximum Gasteiger partial charge on any atom is 0.410 e. The van der Waals surface area contributed by atoms with Crippen LogP contribution in [0.1, 0.15) is 58.4 Å². The summed E-state index contributed by atoms with van der Waals surface area (Å²) in [4.78, 5) is 13.9. The molecule has 192 valence electrons. The molecule has 7 nitrogen and oxygen atoms in total. The number of ether oxygens (including phenoxy) is 5. The molecule has 1 aromatic carbocycles. The van der Waals surface area contributed by atoms with Crippen LogP contribution in [0.4, 0.5) is 4.79 Å². The third-order valence-electron chi connectivity index (χ3n) is 6.12. The second-order valence-electron chi connectivity index (χ2n) is 10.3. The van der Waals surface area contributed by atoms with E-state index in [1.165, 1.54) is 5.56 Å². The van der Waals surface area contributed by atoms with Gasteiger partial charge in [-0.15, -0.1) is 0 Å². The smallest absolute Gasteiger partial charge is 0.410 e. The van der Waals surface area contributed by atoms with E-state index in [9.17, 15) is 4.79 Å². The zero-order valence-electron chi connectivity index (χ0n) is 21.2. The van der Waals surface area contributed by atoms with Crippen molar-refractivity contribution in [3.05, 3.63) is 35.9 Å². The molecule has 0 bridgehead atoms. The first-order valence-corrected chi connectivity index (χ1v) is 12.8. The minimum Gasteiger partial charge on any atom is -0.444 e. The molecule has 1 amide bonds. The maximum atomic E-state index is 12.1. The van der Waals surface area contributed by atoms with Crippen molar-refractivity contribution in [3.63, 3.8) is 0 Å². The predicted octanol–water partition coefficient (Wildman–Crippen LogP) is 4.82. The highest BCUT2D eigenvalue weighted by atomic mass is 16.6. The Bertz CT molecular complexity index is 693. The Morgan fingerprint density at radius 1 is 0.912 bits per heavy atom. The van der Waals surface area contributed by atoms with Crippen LogP contribution in [-0.4, -0.2) is 74.9 Å². The van der Waals surface area contributed by atoms with Crippen molar-refractivity contribution in [1.29, 1.82) is 0 Å². The SMILES string of the molecule is CC(C)(C)OC(=O)N1CCC(OCCOCCCO[C@H]2C[C@H](COCc3ccccc3)C2)CC1. The first-order chi connectivity index (χ1) is 16.4. The van der Waals surface area contributed by atoms with E-state index in [-0.39, 0.29) is 12.2 Å². The summed E-state index contributed by atoms with van der Waals surface area (Å²) in [5.74, 6) is 0.623. The lowest BCUT2D eigenvalue weighted by molar-refractivity contribution is -0.0652. The number of likely N-dealkylation sites (tertiary alicyclic amines) is 1. The third-order valence-corrected chi connectivity index (χ3v) is 6.12. The molecule has 1 saturated heterocycles. The van der Waals surface area contributed by atoms with Crippen LogP contribution >= 0.6 is 0 Å². The topological polar surface area (TPSA) is 66.5 Å². The summed E-state index contributed by atoms with van der Waals surface area (Å²) in [6.45, 7) is 11.1. The van der Waals surface area contributed by atoms with E-state index >= 15 is 0 Å². The van der Waals surface area contributed by atoms with Crippen LogP contribution in [-0.2, 0) is 30.3 Å². The van der Waals surface area contributed by atoms with Crippen molar-refractivity contribution in [1.82, 2.24) is 4.90 Å². The minimum absolute atomic E-state index is 0.189. The molecule has 1 aliphatic carbocycles. The number of carbonyl (C=O) groups is 1. The summed E-state index contributed by atoms with van der Waals surface area (Å²) in [6, 6.07) is 10.3. The van der Waals surface area contributed by atoms with Crippen molar-refractivity contribution in [3.8, 4) is 0 Å². The van der Waals surface area contributed by atoms with Gasteiger partial charge in [-0.05, 0) is 64.4 Å². The summed E-state index contributed by atoms with van der Waals surface area (Å²) >= 11 is 0. The lowest BCUT2D eigenvalue weighted by Crippen LogP contribution is -2.43. The number of amides is 1. The van der Waals surface area contributed by atoms with Crippen molar-refractivity contribution in [2.45, 2.75) is 77.3 Å². The quantitative estimate of drug-likeness (QED) is 0.380. The normalized spacial score (nSPS) is 21.3. The van der Waals surface area contributed by atoms with Crippen LogP contribution < -0.4 is 0 Å². The number of benzene rings is 1. The molecule has 3 rings (SSSR count). The average molecular weight is 478 g/mol. The summed E-state index contributed by atoms with van der Waals surface area (Å²) < 4.78 is 28.8. The van der Waals surface area contributed by atoms with Gasteiger partial charge in [-0.3, -0.25) is 0 Å². The van der Waals surface area contributed by atoms with E-state index in [0.29, 0.717) is 51.5 Å². The fourth-order valence-corrected chi connectivity index (χ4v) is 4.18. The van der Waals surface area contributed by atoms with Gasteiger partial charge < -0.3 is 28.6 Å². The Morgan fingerprint density at radius 2 is 1.62 bits per heavy atom. The van der Waals surface area contributed by atoms with Gasteiger partial charge in [0.15, 0.2) is 0 Å². The molecule has 1 aromatic rings. The Balaban J connectivity index is 1.08. The van der Waals surface area contributed by atoms with Gasteiger partial charge >= 0.3 is 6.09 Å². The fourth-order valence-electron chi connectivity index (χ4n) is 4.18. The molecule has 0 radical (unpaired) electrons. The molecule has 0 unspecified atom stereocenters. The Kier molecular flexibility index (Phi) is 11.1. The summed E-state index contributed by atoms with van der Waals surface area (Å²) in [5.41, 5.74) is 0.772. The number of hydrogen-bond acceptors (Lipinski definition) is 6. The second-order valence-corrected chi connectivity index (χ2v) is 10.3. The number of rotatable bonds is 13. The molecule has 34 heavy (non-hydrogen) atoms. The van der Waals surface area contributed by atoms with Gasteiger partial charge in [-0.25, -0.2) is 4.79 Å². The van der Waals surface area contributed by atoms with E-state index in [4.69, 9.17) is 23.7 Å². The molecule has 1 saturated carbocycles. The minimum atomic E-state index is -0.454. The standard InChI is InChI=1S/C27H43NO6/c1-27(2,3)34-26(29)28-12-10-24(11-13-28)33-17-16-30-14-7-15-32-25-18-23(19-25)21-31-20-22-8-5-4-6-9-22/h4-6,8-9,23-25H,7,10-21H2,1-3H3/t23-,25-. The zero-order chi connectivity index (χ0) is 24.2. The van der Waals surface area contributed by atoms with Gasteiger partial charge in [0.25, 0.3) is 0 Å². The highest BCUT2D eigenvalue weighted by molar-refractivity contribution is 5.68. The van der Waals surface area contributed by atoms with Crippen molar-refractivity contribution in [2.24, 2.45) is 5.92 Å². The van der Waals surface area contributed by atoms with E-state index < -0.39 is 5.60 Å². The highest BCUT2D eigenvalue weighted by Gasteiger charge is 2.30. The van der Waals surface area contributed by atoms with Crippen molar-refractivity contribution < 1.29 is 28.5 Å². The van der Waals surface area contributed by atoms with E-state index in [0.717, 1.165) is 45.3 Å². The van der Waals surface area contributed by atoms with Crippen LogP contribution in [0.25, 0.3) is 0 Å². The third kappa shape index (κ3) is 10.3. The van der Waals surface area contributed by atoms with Gasteiger partial charge in [0.2, 0.25) is 0 Å². The van der Waals surface area contributed by atoms with Crippen LogP contribution in [0.2, 0.25) is 0 Å². The average Bonchev–Trinajstić information content (AvgIpc) is 2.78. The second kappa shape index (κ2) is 14.0. The van der Waals surface area contributed by atoms with Crippen LogP contribution in [0.3, 0.4) is 0 Å². The predicted molar refractivity (Wildman–Crippen MR) is 131 cm³/mol. The summed E-state index contributed by atoms with van der Waals surface area (Å²) in [7, 11) is 0. The molecule has 2 fully saturated rings. The molecular weight excluding hydrogens is 434 g/mol. The number of piperidine rings is 1. The molecule has 1 aliphatic heterocycles. The molecule has 0 N–H and O–H groups in total. The highest BCUT2D eigenvalue weighted by Crippen LogP contribution is 2.30. The summed E-state index contributed by atoms with van der Waals surface area (Å²) in [5, 5.41) is 0. The zero-order valence-corrected chi connectivity index (χ0v) is 21.2. The van der Waals surface area contributed by atoms with Gasteiger partial charge in [0.1, 0.15) is 5.60 Å². The first kappa shape index (κ1) is 26.9. The lowest BCUT2D eigenvalue weighted by atomic mass is 9.83. The number of carbonyl (C=O) groups excluding carboxylic acids is 1. The lowest BCUT2D eigenvalue weighted by Gasteiger charge is -2.35. The van der Waals surface area contributed by atoms with Crippen molar-refractivity contribution >= 4 is 6.09 Å². The van der Waals surface area contributed by atoms with Crippen LogP contribution in [0.5, 0.6) is 0 Å². The maximum absolute atomic E-state index is 12.1. The van der Waals surface area contributed by atoms with Crippen LogP contribution in [0, 0.1) is 5.92 Å². The monoisotopic (exact) mass is 477 g/mol. The van der Waals surface area contributed by atoms with Gasteiger partial charge in [-0.1, -0.05) is 30.3 Å². The molecule has 2 aliphatic rings. The van der Waals surface area contributed by atoms with Crippen molar-refractivity contribution in [2.75, 3.05) is 46.1 Å². The van der Waals surface area contributed by atoms with Gasteiger partial charge in [-0.2, -0.15) is 0 Å². The molecular formula is C27H43NO6. The molecule has 7 heteroatoms. The Labute approximate surface area is 205 Å². The molecule has 0 atom stereocenters. The number of nitrogens with zero attached hydrogens (tertiary/aromatic N) is 1. The number of hydrogen-bond donors (Lipinski definition) is 0. The van der Waals surface area contributed by atoms with E-state index in [1.54, 1.807) is 4.90 Å². The molecule has 1 heterocycles. The largest absolute Gasteiger partial charge is 0.444 e. The summed E-state index contributed by atoms with van der Waals surface area (Å²) in [6.07, 6.45) is 5.10. The van der Waals surface area contributed by atoms with Gasteiger partial charge in [0.05, 0.1) is 38.6 Å². The van der Waals surface area contributed by atoms with Crippen LogP contribution in [0.15, 0.2) is 30.3 Å². The van der Waals surface area contributed by atoms with Gasteiger partial charge in [0, 0.05) is 26.3 Å². The first-order valence-electron chi connectivity index (χ1n) is 12.8.